The summed E-state index contributed by atoms with van der Waals surface area (Å²) in [4.78, 5) is 12.0. The van der Waals surface area contributed by atoms with Crippen molar-refractivity contribution in [1.82, 2.24) is 9.78 Å². The third kappa shape index (κ3) is 2.58. The summed E-state index contributed by atoms with van der Waals surface area (Å²) in [7, 11) is 3.24. The molecule has 0 saturated heterocycles. The van der Waals surface area contributed by atoms with E-state index in [-0.39, 0.29) is 11.6 Å². The molecule has 5 heteroatoms. The highest BCUT2D eigenvalue weighted by Gasteiger charge is 2.14. The van der Waals surface area contributed by atoms with E-state index in [0.29, 0.717) is 11.3 Å². The lowest BCUT2D eigenvalue weighted by Gasteiger charge is -2.12. The summed E-state index contributed by atoms with van der Waals surface area (Å²) in [5, 5.41) is 4.30. The van der Waals surface area contributed by atoms with E-state index in [0.717, 1.165) is 16.9 Å². The van der Waals surface area contributed by atoms with Crippen molar-refractivity contribution >= 4 is 0 Å². The Labute approximate surface area is 118 Å². The number of aryl methyl sites for hydroxylation is 2. The second-order valence-corrected chi connectivity index (χ2v) is 4.91. The molecule has 1 aromatic heterocycles. The number of benzene rings is 1. The van der Waals surface area contributed by atoms with Gasteiger partial charge in [-0.3, -0.25) is 4.79 Å². The number of nitrogens with two attached hydrogens (primary N) is 1. The number of ether oxygens (including phenoxy) is 1. The predicted octanol–water partition coefficient (Wildman–Crippen LogP) is 1.78. The molecule has 2 N–H and O–H groups in total. The summed E-state index contributed by atoms with van der Waals surface area (Å²) >= 11 is 0. The van der Waals surface area contributed by atoms with E-state index in [1.54, 1.807) is 27.1 Å². The van der Waals surface area contributed by atoms with E-state index in [1.165, 1.54) is 4.68 Å². The molecule has 20 heavy (non-hydrogen) atoms. The molecule has 0 bridgehead atoms. The van der Waals surface area contributed by atoms with Crippen LogP contribution in [0.25, 0.3) is 11.3 Å². The lowest BCUT2D eigenvalue weighted by molar-refractivity contribution is 0.416. The van der Waals surface area contributed by atoms with Crippen LogP contribution in [-0.4, -0.2) is 16.9 Å². The summed E-state index contributed by atoms with van der Waals surface area (Å²) in [5.41, 5.74) is 8.86. The summed E-state index contributed by atoms with van der Waals surface area (Å²) in [5.74, 6) is 0.720. The summed E-state index contributed by atoms with van der Waals surface area (Å²) in [6, 6.07) is 7.24. The van der Waals surface area contributed by atoms with Crippen molar-refractivity contribution in [3.63, 3.8) is 0 Å². The van der Waals surface area contributed by atoms with Gasteiger partial charge in [-0.2, -0.15) is 5.10 Å². The van der Waals surface area contributed by atoms with Crippen LogP contribution in [0.5, 0.6) is 5.75 Å². The largest absolute Gasteiger partial charge is 0.496 e. The van der Waals surface area contributed by atoms with E-state index in [4.69, 9.17) is 10.5 Å². The van der Waals surface area contributed by atoms with Gasteiger partial charge < -0.3 is 10.5 Å². The highest BCUT2D eigenvalue weighted by Crippen LogP contribution is 2.29. The van der Waals surface area contributed by atoms with Gasteiger partial charge in [0.1, 0.15) is 5.75 Å². The number of hydrogen-bond acceptors (Lipinski definition) is 4. The Balaban J connectivity index is 2.70. The molecule has 5 nitrogen and oxygen atoms in total. The van der Waals surface area contributed by atoms with Crippen molar-refractivity contribution in [2.75, 3.05) is 7.11 Å². The Bertz CT molecular complexity index is 690. The van der Waals surface area contributed by atoms with E-state index >= 15 is 0 Å². The molecule has 0 saturated carbocycles. The average molecular weight is 273 g/mol. The molecule has 0 aliphatic carbocycles. The third-order valence-electron chi connectivity index (χ3n) is 3.21. The van der Waals surface area contributed by atoms with E-state index in [2.05, 4.69) is 5.10 Å². The first-order chi connectivity index (χ1) is 9.43. The number of aromatic nitrogens is 2. The Morgan fingerprint density at radius 2 is 2.05 bits per heavy atom. The summed E-state index contributed by atoms with van der Waals surface area (Å²) in [6.45, 7) is 3.78. The smallest absolute Gasteiger partial charge is 0.271 e. The fraction of sp³-hybridized carbons (Fsp3) is 0.333. The second kappa shape index (κ2) is 5.46. The molecule has 1 heterocycles. The van der Waals surface area contributed by atoms with Crippen LogP contribution in [0, 0.1) is 6.92 Å². The van der Waals surface area contributed by atoms with Crippen LogP contribution in [0.15, 0.2) is 29.1 Å². The maximum absolute atomic E-state index is 12.0. The highest BCUT2D eigenvalue weighted by atomic mass is 16.5. The lowest BCUT2D eigenvalue weighted by atomic mass is 10.0. The van der Waals surface area contributed by atoms with Crippen molar-refractivity contribution in [1.29, 1.82) is 0 Å². The minimum absolute atomic E-state index is 0.171. The Morgan fingerprint density at radius 1 is 1.35 bits per heavy atom. The Morgan fingerprint density at radius 3 is 2.65 bits per heavy atom. The first kappa shape index (κ1) is 14.3. The molecule has 1 unspecified atom stereocenters. The SMILES string of the molecule is COc1ccc(C)cc1-c1cc(C(C)N)c(=O)n(C)n1. The quantitative estimate of drug-likeness (QED) is 0.925. The van der Waals surface area contributed by atoms with Gasteiger partial charge in [0, 0.05) is 24.2 Å². The first-order valence-electron chi connectivity index (χ1n) is 6.43. The van der Waals surface area contributed by atoms with Crippen molar-refractivity contribution in [2.24, 2.45) is 12.8 Å². The fourth-order valence-electron chi connectivity index (χ4n) is 2.11. The zero-order chi connectivity index (χ0) is 14.9. The van der Waals surface area contributed by atoms with E-state index in [9.17, 15) is 4.79 Å². The molecule has 1 atom stereocenters. The van der Waals surface area contributed by atoms with Crippen LogP contribution in [0.3, 0.4) is 0 Å². The predicted molar refractivity (Wildman–Crippen MR) is 78.8 cm³/mol. The minimum atomic E-state index is -0.341. The van der Waals surface area contributed by atoms with Crippen LogP contribution in [0.1, 0.15) is 24.1 Å². The maximum atomic E-state index is 12.0. The molecule has 1 aromatic carbocycles. The minimum Gasteiger partial charge on any atom is -0.496 e. The van der Waals surface area contributed by atoms with Crippen molar-refractivity contribution < 1.29 is 4.74 Å². The zero-order valence-corrected chi connectivity index (χ0v) is 12.2. The molecule has 0 amide bonds. The van der Waals surface area contributed by atoms with E-state index in [1.807, 2.05) is 25.1 Å². The molecule has 0 aliphatic rings. The second-order valence-electron chi connectivity index (χ2n) is 4.91. The van der Waals surface area contributed by atoms with Crippen molar-refractivity contribution in [2.45, 2.75) is 19.9 Å². The monoisotopic (exact) mass is 273 g/mol. The number of methoxy groups -OCH3 is 1. The van der Waals surface area contributed by atoms with Gasteiger partial charge in [0.05, 0.1) is 12.8 Å². The van der Waals surface area contributed by atoms with Crippen LogP contribution in [-0.2, 0) is 7.05 Å². The number of nitrogens with zero attached hydrogens (tertiary/aromatic N) is 2. The molecular weight excluding hydrogens is 254 g/mol. The molecular formula is C15H19N3O2. The van der Waals surface area contributed by atoms with Crippen molar-refractivity contribution in [3.05, 3.63) is 45.7 Å². The van der Waals surface area contributed by atoms with Crippen LogP contribution >= 0.6 is 0 Å². The summed E-state index contributed by atoms with van der Waals surface area (Å²) < 4.78 is 6.68. The molecule has 106 valence electrons. The van der Waals surface area contributed by atoms with E-state index < -0.39 is 0 Å². The maximum Gasteiger partial charge on any atom is 0.271 e. The molecule has 0 spiro atoms. The topological polar surface area (TPSA) is 70.1 Å². The van der Waals surface area contributed by atoms with Gasteiger partial charge in [-0.25, -0.2) is 4.68 Å². The Kier molecular flexibility index (Phi) is 3.90. The summed E-state index contributed by atoms with van der Waals surface area (Å²) in [6.07, 6.45) is 0. The number of rotatable bonds is 3. The van der Waals surface area contributed by atoms with Gasteiger partial charge in [-0.05, 0) is 32.0 Å². The fourth-order valence-corrected chi connectivity index (χ4v) is 2.11. The third-order valence-corrected chi connectivity index (χ3v) is 3.21. The molecule has 0 aliphatic heterocycles. The van der Waals surface area contributed by atoms with Gasteiger partial charge in [0.2, 0.25) is 0 Å². The van der Waals surface area contributed by atoms with Gasteiger partial charge in [0.25, 0.3) is 5.56 Å². The van der Waals surface area contributed by atoms with Crippen LogP contribution in [0.2, 0.25) is 0 Å². The molecule has 2 aromatic rings. The van der Waals surface area contributed by atoms with Gasteiger partial charge in [-0.15, -0.1) is 0 Å². The molecule has 0 fully saturated rings. The van der Waals surface area contributed by atoms with Gasteiger partial charge in [0.15, 0.2) is 0 Å². The molecule has 2 rings (SSSR count). The Hall–Kier alpha value is -2.14. The lowest BCUT2D eigenvalue weighted by Crippen LogP contribution is -2.27. The van der Waals surface area contributed by atoms with Crippen molar-refractivity contribution in [3.8, 4) is 17.0 Å². The number of hydrogen-bond donors (Lipinski definition) is 1. The van der Waals surface area contributed by atoms with Gasteiger partial charge >= 0.3 is 0 Å². The normalized spacial score (nSPS) is 12.2. The molecule has 0 radical (unpaired) electrons. The zero-order valence-electron chi connectivity index (χ0n) is 12.2. The van der Waals surface area contributed by atoms with Gasteiger partial charge in [-0.1, -0.05) is 11.6 Å². The van der Waals surface area contributed by atoms with Crippen LogP contribution in [0.4, 0.5) is 0 Å². The van der Waals surface area contributed by atoms with Crippen LogP contribution < -0.4 is 16.0 Å². The average Bonchev–Trinajstić information content (AvgIpc) is 2.41. The standard InChI is InChI=1S/C15H19N3O2/c1-9-5-6-14(20-4)12(7-9)13-8-11(10(2)16)15(19)18(3)17-13/h5-8,10H,16H2,1-4H3. The highest BCUT2D eigenvalue weighted by molar-refractivity contribution is 5.68. The first-order valence-corrected chi connectivity index (χ1v) is 6.43.